The summed E-state index contributed by atoms with van der Waals surface area (Å²) in [5, 5.41) is 2.93. The molecule has 2 saturated heterocycles. The van der Waals surface area contributed by atoms with Gasteiger partial charge in [0.1, 0.15) is 0 Å². The van der Waals surface area contributed by atoms with Gasteiger partial charge < -0.3 is 10.2 Å². The number of anilines is 1. The molecule has 7 heteroatoms. The molecule has 4 rings (SSSR count). The molecule has 7 nitrogen and oxygen atoms in total. The van der Waals surface area contributed by atoms with Crippen molar-refractivity contribution in [1.29, 1.82) is 0 Å². The number of carbonyl (C=O) groups is 2. The summed E-state index contributed by atoms with van der Waals surface area (Å²) in [5.41, 5.74) is 1.84. The summed E-state index contributed by atoms with van der Waals surface area (Å²) < 4.78 is 0. The number of para-hydroxylation sites is 1. The highest BCUT2D eigenvalue weighted by molar-refractivity contribution is 5.97. The Bertz CT molecular complexity index is 837. The van der Waals surface area contributed by atoms with E-state index in [-0.39, 0.29) is 17.9 Å². The lowest BCUT2D eigenvalue weighted by molar-refractivity contribution is -0.127. The number of piperidine rings is 1. The molecule has 0 saturated carbocycles. The lowest BCUT2D eigenvalue weighted by Gasteiger charge is -2.42. The first-order chi connectivity index (χ1) is 14.7. The van der Waals surface area contributed by atoms with Crippen molar-refractivity contribution < 1.29 is 9.59 Å². The van der Waals surface area contributed by atoms with E-state index in [1.165, 1.54) is 0 Å². The number of aromatic nitrogens is 1. The minimum absolute atomic E-state index is 0.0121. The van der Waals surface area contributed by atoms with Crippen LogP contribution in [0.1, 0.15) is 18.5 Å². The molecule has 0 aliphatic carbocycles. The molecular weight excluding hydrogens is 378 g/mol. The van der Waals surface area contributed by atoms with Crippen molar-refractivity contribution in [3.05, 3.63) is 60.4 Å². The maximum atomic E-state index is 13.1. The molecule has 3 heterocycles. The van der Waals surface area contributed by atoms with Crippen molar-refractivity contribution in [3.8, 4) is 0 Å². The highest BCUT2D eigenvalue weighted by atomic mass is 16.2. The molecule has 1 atom stereocenters. The van der Waals surface area contributed by atoms with Crippen LogP contribution in [0.3, 0.4) is 0 Å². The van der Waals surface area contributed by atoms with E-state index >= 15 is 0 Å². The predicted molar refractivity (Wildman–Crippen MR) is 116 cm³/mol. The Hall–Kier alpha value is -2.77. The maximum Gasteiger partial charge on any atom is 0.244 e. The Morgan fingerprint density at radius 2 is 1.77 bits per heavy atom. The van der Waals surface area contributed by atoms with Crippen LogP contribution in [0.4, 0.5) is 5.69 Å². The number of hydrogen-bond acceptors (Lipinski definition) is 5. The fraction of sp³-hybridized carbons (Fsp3) is 0.435. The van der Waals surface area contributed by atoms with E-state index in [1.54, 1.807) is 6.20 Å². The van der Waals surface area contributed by atoms with Crippen molar-refractivity contribution >= 4 is 17.5 Å². The SMILES string of the molecule is O=C(CN1CCN(C2CCCN(c3ccccc3)C2=O)CC1)NCc1ccccn1. The summed E-state index contributed by atoms with van der Waals surface area (Å²) in [6.45, 7) is 4.84. The number of benzene rings is 1. The third kappa shape index (κ3) is 5.04. The molecule has 1 aromatic heterocycles. The minimum atomic E-state index is -0.0564. The number of nitrogens with zero attached hydrogens (tertiary/aromatic N) is 4. The zero-order valence-electron chi connectivity index (χ0n) is 17.2. The first-order valence-corrected chi connectivity index (χ1v) is 10.7. The smallest absolute Gasteiger partial charge is 0.244 e. The molecule has 158 valence electrons. The average Bonchev–Trinajstić information content (AvgIpc) is 2.80. The highest BCUT2D eigenvalue weighted by Crippen LogP contribution is 2.24. The van der Waals surface area contributed by atoms with Crippen LogP contribution >= 0.6 is 0 Å². The second-order valence-electron chi connectivity index (χ2n) is 7.89. The van der Waals surface area contributed by atoms with Gasteiger partial charge in [-0.3, -0.25) is 24.4 Å². The third-order valence-corrected chi connectivity index (χ3v) is 5.89. The summed E-state index contributed by atoms with van der Waals surface area (Å²) in [6.07, 6.45) is 3.65. The largest absolute Gasteiger partial charge is 0.349 e. The summed E-state index contributed by atoms with van der Waals surface area (Å²) in [6, 6.07) is 15.6. The van der Waals surface area contributed by atoms with Gasteiger partial charge in [-0.15, -0.1) is 0 Å². The van der Waals surface area contributed by atoms with Crippen LogP contribution in [0.2, 0.25) is 0 Å². The monoisotopic (exact) mass is 407 g/mol. The normalized spacial score (nSPS) is 20.9. The molecule has 2 amide bonds. The number of carbonyl (C=O) groups excluding carboxylic acids is 2. The quantitative estimate of drug-likeness (QED) is 0.786. The van der Waals surface area contributed by atoms with Gasteiger partial charge in [-0.05, 0) is 37.1 Å². The van der Waals surface area contributed by atoms with Gasteiger partial charge in [-0.2, -0.15) is 0 Å². The molecule has 0 spiro atoms. The van der Waals surface area contributed by atoms with Gasteiger partial charge in [0.25, 0.3) is 0 Å². The Morgan fingerprint density at radius 3 is 2.50 bits per heavy atom. The van der Waals surface area contributed by atoms with Crippen LogP contribution in [-0.2, 0) is 16.1 Å². The molecule has 2 aliphatic rings. The molecule has 0 bridgehead atoms. The highest BCUT2D eigenvalue weighted by Gasteiger charge is 2.35. The topological polar surface area (TPSA) is 68.8 Å². The standard InChI is InChI=1S/C23H29N5O2/c29-22(25-17-19-7-4-5-11-24-19)18-26-13-15-27(16-14-26)21-10-6-12-28(23(21)30)20-8-2-1-3-9-20/h1-5,7-9,11,21H,6,10,12-18H2,(H,25,29). The molecule has 0 radical (unpaired) electrons. The Kier molecular flexibility index (Phi) is 6.71. The van der Waals surface area contributed by atoms with Gasteiger partial charge in [-0.1, -0.05) is 24.3 Å². The van der Waals surface area contributed by atoms with Gasteiger partial charge in [0.15, 0.2) is 0 Å². The summed E-state index contributed by atoms with van der Waals surface area (Å²) >= 11 is 0. The van der Waals surface area contributed by atoms with E-state index in [4.69, 9.17) is 0 Å². The number of piperazine rings is 1. The minimum Gasteiger partial charge on any atom is -0.349 e. The number of amides is 2. The second kappa shape index (κ2) is 9.82. The summed E-state index contributed by atoms with van der Waals surface area (Å²) in [7, 11) is 0. The number of hydrogen-bond donors (Lipinski definition) is 1. The Labute approximate surface area is 177 Å². The number of pyridine rings is 1. The Balaban J connectivity index is 1.25. The second-order valence-corrected chi connectivity index (χ2v) is 7.89. The van der Waals surface area contributed by atoms with Crippen molar-refractivity contribution in [1.82, 2.24) is 20.1 Å². The molecular formula is C23H29N5O2. The van der Waals surface area contributed by atoms with Crippen molar-refractivity contribution in [2.75, 3.05) is 44.2 Å². The Morgan fingerprint density at radius 1 is 1.00 bits per heavy atom. The average molecular weight is 408 g/mol. The molecule has 1 unspecified atom stereocenters. The fourth-order valence-corrected chi connectivity index (χ4v) is 4.24. The van der Waals surface area contributed by atoms with Gasteiger partial charge >= 0.3 is 0 Å². The zero-order valence-corrected chi connectivity index (χ0v) is 17.2. The first-order valence-electron chi connectivity index (χ1n) is 10.7. The lowest BCUT2D eigenvalue weighted by atomic mass is 10.0. The van der Waals surface area contributed by atoms with E-state index in [2.05, 4.69) is 20.1 Å². The van der Waals surface area contributed by atoms with E-state index in [1.807, 2.05) is 53.4 Å². The molecule has 2 aromatic rings. The zero-order chi connectivity index (χ0) is 20.8. The van der Waals surface area contributed by atoms with E-state index in [0.29, 0.717) is 13.1 Å². The van der Waals surface area contributed by atoms with Gasteiger partial charge in [0, 0.05) is 44.6 Å². The van der Waals surface area contributed by atoms with Crippen LogP contribution in [0.15, 0.2) is 54.7 Å². The van der Waals surface area contributed by atoms with Crippen LogP contribution in [0, 0.1) is 0 Å². The third-order valence-electron chi connectivity index (χ3n) is 5.89. The van der Waals surface area contributed by atoms with Crippen molar-refractivity contribution in [3.63, 3.8) is 0 Å². The van der Waals surface area contributed by atoms with Crippen LogP contribution < -0.4 is 10.2 Å². The number of rotatable bonds is 6. The van der Waals surface area contributed by atoms with E-state index in [9.17, 15) is 9.59 Å². The lowest BCUT2D eigenvalue weighted by Crippen LogP contribution is -2.58. The predicted octanol–water partition coefficient (Wildman–Crippen LogP) is 1.51. The number of nitrogens with one attached hydrogen (secondary N) is 1. The van der Waals surface area contributed by atoms with E-state index < -0.39 is 0 Å². The molecule has 1 aromatic carbocycles. The van der Waals surface area contributed by atoms with Crippen LogP contribution in [-0.4, -0.2) is 71.9 Å². The molecule has 2 aliphatic heterocycles. The summed E-state index contributed by atoms with van der Waals surface area (Å²) in [4.78, 5) is 36.0. The van der Waals surface area contributed by atoms with Crippen molar-refractivity contribution in [2.24, 2.45) is 0 Å². The summed E-state index contributed by atoms with van der Waals surface area (Å²) in [5.74, 6) is 0.215. The van der Waals surface area contributed by atoms with Gasteiger partial charge in [0.2, 0.25) is 11.8 Å². The fourth-order valence-electron chi connectivity index (χ4n) is 4.24. The van der Waals surface area contributed by atoms with Crippen LogP contribution in [0.5, 0.6) is 0 Å². The molecule has 1 N–H and O–H groups in total. The molecule has 2 fully saturated rings. The van der Waals surface area contributed by atoms with Gasteiger partial charge in [0.05, 0.1) is 24.8 Å². The first kappa shape index (κ1) is 20.5. The maximum absolute atomic E-state index is 13.1. The van der Waals surface area contributed by atoms with Gasteiger partial charge in [-0.25, -0.2) is 0 Å². The van der Waals surface area contributed by atoms with Crippen LogP contribution in [0.25, 0.3) is 0 Å². The van der Waals surface area contributed by atoms with Crippen molar-refractivity contribution in [2.45, 2.75) is 25.4 Å². The molecule has 30 heavy (non-hydrogen) atoms. The van der Waals surface area contributed by atoms with E-state index in [0.717, 1.165) is 56.9 Å².